The predicted octanol–water partition coefficient (Wildman–Crippen LogP) is 6.51. The maximum absolute atomic E-state index is 6.01. The number of furan rings is 1. The van der Waals surface area contributed by atoms with E-state index in [1.165, 1.54) is 38.8 Å². The number of hydrogen-bond acceptors (Lipinski definition) is 2. The van der Waals surface area contributed by atoms with Crippen LogP contribution in [0.5, 0.6) is 0 Å². The summed E-state index contributed by atoms with van der Waals surface area (Å²) in [6.45, 7) is 4.67. The molecule has 28 heavy (non-hydrogen) atoms. The average molecular weight is 365 g/mol. The van der Waals surface area contributed by atoms with Gasteiger partial charge in [-0.2, -0.15) is 0 Å². The zero-order valence-corrected chi connectivity index (χ0v) is 16.3. The van der Waals surface area contributed by atoms with Crippen molar-refractivity contribution in [3.8, 4) is 0 Å². The van der Waals surface area contributed by atoms with Crippen molar-refractivity contribution in [2.75, 3.05) is 0 Å². The van der Waals surface area contributed by atoms with Gasteiger partial charge in [-0.1, -0.05) is 49.4 Å². The summed E-state index contributed by atoms with van der Waals surface area (Å²) in [5, 5.41) is 6.24. The molecule has 0 saturated heterocycles. The molecule has 2 atom stereocenters. The highest BCUT2D eigenvalue weighted by molar-refractivity contribution is 6.05. The summed E-state index contributed by atoms with van der Waals surface area (Å²) < 4.78 is 6.01. The Balaban J connectivity index is 1.50. The van der Waals surface area contributed by atoms with Crippen LogP contribution in [0.2, 0.25) is 0 Å². The smallest absolute Gasteiger partial charge is 0.135 e. The molecule has 2 unspecified atom stereocenters. The molecule has 3 aromatic rings. The van der Waals surface area contributed by atoms with E-state index in [0.29, 0.717) is 5.92 Å². The van der Waals surface area contributed by atoms with Gasteiger partial charge in [0.1, 0.15) is 11.2 Å². The molecule has 138 valence electrons. The minimum absolute atomic E-state index is 0.0460. The highest BCUT2D eigenvalue weighted by Gasteiger charge is 2.41. The van der Waals surface area contributed by atoms with E-state index in [1.54, 1.807) is 0 Å². The van der Waals surface area contributed by atoms with Crippen molar-refractivity contribution >= 4 is 27.5 Å². The maximum atomic E-state index is 6.01. The summed E-state index contributed by atoms with van der Waals surface area (Å²) in [5.74, 6) is 0.495. The fraction of sp³-hybridized carbons (Fsp3) is 0.231. The summed E-state index contributed by atoms with van der Waals surface area (Å²) in [5.41, 5.74) is 8.94. The van der Waals surface area contributed by atoms with Crippen molar-refractivity contribution in [3.05, 3.63) is 89.2 Å². The van der Waals surface area contributed by atoms with Gasteiger partial charge in [-0.25, -0.2) is 0 Å². The van der Waals surface area contributed by atoms with Gasteiger partial charge < -0.3 is 9.73 Å². The minimum Gasteiger partial charge on any atom is -0.456 e. The number of benzene rings is 2. The van der Waals surface area contributed by atoms with Crippen molar-refractivity contribution in [3.63, 3.8) is 0 Å². The molecule has 0 bridgehead atoms. The van der Waals surface area contributed by atoms with E-state index in [-0.39, 0.29) is 5.54 Å². The molecular weight excluding hydrogens is 342 g/mol. The highest BCUT2D eigenvalue weighted by Crippen LogP contribution is 2.46. The van der Waals surface area contributed by atoms with Crippen LogP contribution in [0.3, 0.4) is 0 Å². The molecule has 2 heterocycles. The number of allylic oxidation sites excluding steroid dienone is 5. The Bertz CT molecular complexity index is 1270. The first-order chi connectivity index (χ1) is 13.6. The second-order valence-electron chi connectivity index (χ2n) is 8.58. The fourth-order valence-electron chi connectivity index (χ4n) is 5.11. The summed E-state index contributed by atoms with van der Waals surface area (Å²) in [6.07, 6.45) is 11.3. The molecule has 1 aliphatic heterocycles. The van der Waals surface area contributed by atoms with Crippen LogP contribution in [0.1, 0.15) is 32.3 Å². The second kappa shape index (κ2) is 5.51. The molecule has 1 N–H and O–H groups in total. The lowest BCUT2D eigenvalue weighted by molar-refractivity contribution is 0.462. The molecule has 3 aliphatic rings. The molecule has 0 spiro atoms. The van der Waals surface area contributed by atoms with Gasteiger partial charge in [0, 0.05) is 22.4 Å². The SMILES string of the molecule is CC1CC(c2ccc3oc4ccccc4c3c2)=CC2=C1NC1(C)CC=CC=C21. The second-order valence-corrected chi connectivity index (χ2v) is 8.58. The van der Waals surface area contributed by atoms with E-state index in [4.69, 9.17) is 4.42 Å². The third-order valence-corrected chi connectivity index (χ3v) is 6.60. The third-order valence-electron chi connectivity index (χ3n) is 6.60. The molecule has 0 saturated carbocycles. The van der Waals surface area contributed by atoms with Gasteiger partial charge in [-0.05, 0) is 66.3 Å². The highest BCUT2D eigenvalue weighted by atomic mass is 16.3. The number of hydrogen-bond donors (Lipinski definition) is 1. The van der Waals surface area contributed by atoms with Crippen LogP contribution < -0.4 is 5.32 Å². The Morgan fingerprint density at radius 1 is 1.07 bits per heavy atom. The molecule has 0 fully saturated rings. The van der Waals surface area contributed by atoms with Crippen LogP contribution in [0.25, 0.3) is 27.5 Å². The molecule has 2 aromatic carbocycles. The summed E-state index contributed by atoms with van der Waals surface area (Å²) in [7, 11) is 0. The van der Waals surface area contributed by atoms with Crippen molar-refractivity contribution in [1.29, 1.82) is 0 Å². The van der Waals surface area contributed by atoms with E-state index >= 15 is 0 Å². The molecule has 2 aliphatic carbocycles. The van der Waals surface area contributed by atoms with Crippen LogP contribution >= 0.6 is 0 Å². The maximum Gasteiger partial charge on any atom is 0.135 e. The van der Waals surface area contributed by atoms with Crippen molar-refractivity contribution < 1.29 is 4.42 Å². The van der Waals surface area contributed by atoms with Crippen LogP contribution in [0, 0.1) is 5.92 Å². The normalized spacial score (nSPS) is 26.1. The minimum atomic E-state index is 0.0460. The average Bonchev–Trinajstić information content (AvgIpc) is 3.22. The summed E-state index contributed by atoms with van der Waals surface area (Å²) in [6, 6.07) is 14.9. The van der Waals surface area contributed by atoms with Crippen molar-refractivity contribution in [2.24, 2.45) is 5.92 Å². The lowest BCUT2D eigenvalue weighted by atomic mass is 9.80. The van der Waals surface area contributed by atoms with Crippen molar-refractivity contribution in [2.45, 2.75) is 32.2 Å². The zero-order chi connectivity index (χ0) is 18.9. The number of para-hydroxylation sites is 1. The molecule has 1 aromatic heterocycles. The van der Waals surface area contributed by atoms with Crippen LogP contribution in [-0.4, -0.2) is 5.54 Å². The van der Waals surface area contributed by atoms with Crippen LogP contribution in [-0.2, 0) is 0 Å². The number of rotatable bonds is 1. The Morgan fingerprint density at radius 3 is 2.86 bits per heavy atom. The Kier molecular flexibility index (Phi) is 3.15. The fourth-order valence-corrected chi connectivity index (χ4v) is 5.11. The monoisotopic (exact) mass is 365 g/mol. The van der Waals surface area contributed by atoms with Gasteiger partial charge in [0.15, 0.2) is 0 Å². The molecule has 2 nitrogen and oxygen atoms in total. The standard InChI is InChI=1S/C26H23NO/c1-16-13-18(15-21-22-8-5-6-12-26(22,2)27-25(16)21)17-10-11-24-20(14-17)19-7-3-4-9-23(19)28-24/h3-11,14-16,27H,12-13H2,1-2H3. The molecule has 2 heteroatoms. The first-order valence-electron chi connectivity index (χ1n) is 10.1. The van der Waals surface area contributed by atoms with E-state index in [1.807, 2.05) is 12.1 Å². The van der Waals surface area contributed by atoms with E-state index < -0.39 is 0 Å². The Morgan fingerprint density at radius 2 is 1.93 bits per heavy atom. The lowest BCUT2D eigenvalue weighted by Crippen LogP contribution is -2.39. The van der Waals surface area contributed by atoms with Gasteiger partial charge in [0.2, 0.25) is 0 Å². The largest absolute Gasteiger partial charge is 0.456 e. The Hall–Kier alpha value is -3.00. The Labute approximate surface area is 164 Å². The lowest BCUT2D eigenvalue weighted by Gasteiger charge is -2.29. The number of fused-ring (bicyclic) bond motifs is 5. The molecule has 0 radical (unpaired) electrons. The van der Waals surface area contributed by atoms with Gasteiger partial charge >= 0.3 is 0 Å². The number of nitrogens with one attached hydrogen (secondary N) is 1. The van der Waals surface area contributed by atoms with Gasteiger partial charge in [0.05, 0.1) is 5.54 Å². The van der Waals surface area contributed by atoms with Gasteiger partial charge in [-0.15, -0.1) is 0 Å². The van der Waals surface area contributed by atoms with Crippen LogP contribution in [0.4, 0.5) is 0 Å². The van der Waals surface area contributed by atoms with Gasteiger partial charge in [0.25, 0.3) is 0 Å². The third kappa shape index (κ3) is 2.15. The first kappa shape index (κ1) is 16.0. The summed E-state index contributed by atoms with van der Waals surface area (Å²) in [4.78, 5) is 0. The molecule has 6 rings (SSSR count). The van der Waals surface area contributed by atoms with Crippen LogP contribution in [0.15, 0.2) is 88.0 Å². The van der Waals surface area contributed by atoms with Crippen molar-refractivity contribution in [1.82, 2.24) is 5.32 Å². The van der Waals surface area contributed by atoms with Gasteiger partial charge in [-0.3, -0.25) is 0 Å². The van der Waals surface area contributed by atoms with E-state index in [9.17, 15) is 0 Å². The first-order valence-corrected chi connectivity index (χ1v) is 10.1. The molecular formula is C26H23NO. The predicted molar refractivity (Wildman–Crippen MR) is 116 cm³/mol. The zero-order valence-electron chi connectivity index (χ0n) is 16.3. The topological polar surface area (TPSA) is 25.2 Å². The summed E-state index contributed by atoms with van der Waals surface area (Å²) >= 11 is 0. The quantitative estimate of drug-likeness (QED) is 0.531. The van der Waals surface area contributed by atoms with E-state index in [0.717, 1.165) is 24.0 Å². The molecule has 0 amide bonds. The van der Waals surface area contributed by atoms with E-state index in [2.05, 4.69) is 73.8 Å².